The fourth-order valence-electron chi connectivity index (χ4n) is 12.4. The number of rotatable bonds is 11. The van der Waals surface area contributed by atoms with Gasteiger partial charge in [0.2, 0.25) is 6.10 Å². The molecule has 9 heteroatoms. The van der Waals surface area contributed by atoms with Crippen molar-refractivity contribution in [3.8, 4) is 0 Å². The van der Waals surface area contributed by atoms with Crippen LogP contribution in [0.3, 0.4) is 0 Å². The lowest BCUT2D eigenvalue weighted by Gasteiger charge is -2.59. The van der Waals surface area contributed by atoms with Gasteiger partial charge in [0, 0.05) is 12.8 Å². The number of cyclic esters (lactones) is 1. The van der Waals surface area contributed by atoms with Crippen LogP contribution in [0.5, 0.6) is 0 Å². The van der Waals surface area contributed by atoms with Gasteiger partial charge in [-0.2, -0.15) is 0 Å². The summed E-state index contributed by atoms with van der Waals surface area (Å²) in [6.45, 7) is 9.33. The Balaban J connectivity index is 1.11. The van der Waals surface area contributed by atoms with Crippen molar-refractivity contribution in [2.45, 2.75) is 160 Å². The molecule has 1 aliphatic heterocycles. The molecule has 1 heterocycles. The summed E-state index contributed by atoms with van der Waals surface area (Å²) >= 11 is 0. The van der Waals surface area contributed by atoms with Gasteiger partial charge in [0.25, 0.3) is 0 Å². The largest absolute Gasteiger partial charge is 0.463 e. The second kappa shape index (κ2) is 11.2. The third-order valence-corrected chi connectivity index (χ3v) is 13.6. The lowest BCUT2D eigenvalue weighted by molar-refractivity contribution is -0.226. The van der Waals surface area contributed by atoms with Crippen LogP contribution in [0.2, 0.25) is 0 Å². The lowest BCUT2D eigenvalue weighted by Crippen LogP contribution is -2.61. The molecule has 1 N–H and O–H groups in total. The Bertz CT molecular complexity index is 1270. The molecule has 9 nitrogen and oxygen atoms in total. The van der Waals surface area contributed by atoms with Crippen LogP contribution in [0.1, 0.15) is 137 Å². The summed E-state index contributed by atoms with van der Waals surface area (Å²) in [4.78, 5) is 54.9. The molecule has 0 amide bonds. The van der Waals surface area contributed by atoms with Crippen molar-refractivity contribution >= 4 is 23.9 Å². The van der Waals surface area contributed by atoms with Crippen LogP contribution in [0.25, 0.3) is 0 Å². The molecule has 0 radical (unpaired) electrons. The molecule has 8 saturated carbocycles. The zero-order chi connectivity index (χ0) is 33.6. The van der Waals surface area contributed by atoms with Gasteiger partial charge in [-0.15, -0.1) is 0 Å². The maximum Gasteiger partial charge on any atom is 0.347 e. The summed E-state index contributed by atoms with van der Waals surface area (Å²) in [7, 11) is 0. The van der Waals surface area contributed by atoms with Crippen LogP contribution in [0, 0.1) is 45.8 Å². The standard InChI is InChI=1S/C38H56O9/c1-6-34(4,32(42)47-37-15-23-9-24(16-37)11-25(10-23)17-37)21-35(5,31(41)45-28-7-8-44-29(28)39)20-33(2,3)30(40)46-38-18-26-12-27(19-38)14-36(43,13-26)22-38/h23-28,43H,6-22H2,1-5H3. The summed E-state index contributed by atoms with van der Waals surface area (Å²) in [5.41, 5.74) is -5.32. The smallest absolute Gasteiger partial charge is 0.347 e. The Kier molecular flexibility index (Phi) is 7.93. The number of ether oxygens (including phenoxy) is 4. The Labute approximate surface area is 279 Å². The number of esters is 4. The molecule has 5 unspecified atom stereocenters. The monoisotopic (exact) mass is 656 g/mol. The van der Waals surface area contributed by atoms with Gasteiger partial charge in [-0.3, -0.25) is 14.4 Å². The average Bonchev–Trinajstić information content (AvgIpc) is 3.33. The van der Waals surface area contributed by atoms with Crippen LogP contribution in [0.4, 0.5) is 0 Å². The number of aliphatic hydroxyl groups is 1. The quantitative estimate of drug-likeness (QED) is 0.204. The van der Waals surface area contributed by atoms with Crippen molar-refractivity contribution in [2.75, 3.05) is 6.61 Å². The molecule has 5 atom stereocenters. The Morgan fingerprint density at radius 3 is 1.79 bits per heavy atom. The number of carbonyl (C=O) groups excluding carboxylic acids is 4. The van der Waals surface area contributed by atoms with E-state index in [2.05, 4.69) is 0 Å². The van der Waals surface area contributed by atoms with Crippen LogP contribution in [-0.2, 0) is 38.1 Å². The third-order valence-electron chi connectivity index (χ3n) is 13.6. The molecule has 9 aliphatic rings. The van der Waals surface area contributed by atoms with Crippen LogP contribution in [0.15, 0.2) is 0 Å². The van der Waals surface area contributed by atoms with Crippen molar-refractivity contribution in [3.05, 3.63) is 0 Å². The van der Waals surface area contributed by atoms with Crippen molar-refractivity contribution in [1.29, 1.82) is 0 Å². The molecule has 8 aliphatic carbocycles. The third kappa shape index (κ3) is 6.14. The fourth-order valence-corrected chi connectivity index (χ4v) is 12.4. The van der Waals surface area contributed by atoms with Gasteiger partial charge in [-0.25, -0.2) is 4.79 Å². The molecule has 0 spiro atoms. The van der Waals surface area contributed by atoms with Gasteiger partial charge in [0.05, 0.1) is 28.5 Å². The minimum Gasteiger partial charge on any atom is -0.463 e. The first-order chi connectivity index (χ1) is 21.9. The topological polar surface area (TPSA) is 125 Å². The fraction of sp³-hybridized carbons (Fsp3) is 0.895. The molecular weight excluding hydrogens is 600 g/mol. The van der Waals surface area contributed by atoms with E-state index in [1.807, 2.05) is 13.8 Å². The van der Waals surface area contributed by atoms with E-state index < -0.39 is 57.1 Å². The van der Waals surface area contributed by atoms with Crippen molar-refractivity contribution in [2.24, 2.45) is 45.8 Å². The Morgan fingerprint density at radius 2 is 1.28 bits per heavy atom. The van der Waals surface area contributed by atoms with Gasteiger partial charge in [0.15, 0.2) is 0 Å². The molecule has 9 fully saturated rings. The lowest BCUT2D eigenvalue weighted by atomic mass is 9.52. The van der Waals surface area contributed by atoms with E-state index in [1.54, 1.807) is 20.8 Å². The number of carbonyl (C=O) groups is 4. The van der Waals surface area contributed by atoms with E-state index in [4.69, 9.17) is 18.9 Å². The summed E-state index contributed by atoms with van der Waals surface area (Å²) in [5, 5.41) is 11.3. The Morgan fingerprint density at radius 1 is 0.745 bits per heavy atom. The van der Waals surface area contributed by atoms with E-state index >= 15 is 0 Å². The van der Waals surface area contributed by atoms with Crippen LogP contribution >= 0.6 is 0 Å². The SMILES string of the molecule is CCC(C)(CC(C)(CC(C)(C)C(=O)OC12CC3CC(CC(O)(C3)C1)C2)C(=O)OC1CCOC1=O)C(=O)OC12CC3CC(CC(C3)C1)C2. The van der Waals surface area contributed by atoms with Gasteiger partial charge >= 0.3 is 23.9 Å². The number of hydrogen-bond acceptors (Lipinski definition) is 9. The maximum absolute atomic E-state index is 14.3. The zero-order valence-electron chi connectivity index (χ0n) is 29.2. The summed E-state index contributed by atoms with van der Waals surface area (Å²) in [6.07, 6.45) is 11.0. The van der Waals surface area contributed by atoms with Crippen LogP contribution < -0.4 is 0 Å². The summed E-state index contributed by atoms with van der Waals surface area (Å²) < 4.78 is 23.8. The van der Waals surface area contributed by atoms with Gasteiger partial charge in [-0.05, 0) is 147 Å². The van der Waals surface area contributed by atoms with Crippen molar-refractivity contribution in [3.63, 3.8) is 0 Å². The van der Waals surface area contributed by atoms with E-state index in [0.29, 0.717) is 42.4 Å². The van der Waals surface area contributed by atoms with Crippen molar-refractivity contribution in [1.82, 2.24) is 0 Å². The first kappa shape index (κ1) is 33.3. The van der Waals surface area contributed by atoms with E-state index in [0.717, 1.165) is 51.4 Å². The second-order valence-electron chi connectivity index (χ2n) is 18.8. The number of hydrogen-bond donors (Lipinski definition) is 1. The molecule has 262 valence electrons. The normalized spacial score (nSPS) is 42.4. The van der Waals surface area contributed by atoms with E-state index in [9.17, 15) is 24.3 Å². The highest BCUT2D eigenvalue weighted by atomic mass is 16.6. The zero-order valence-corrected chi connectivity index (χ0v) is 29.2. The predicted molar refractivity (Wildman–Crippen MR) is 170 cm³/mol. The molecule has 0 aromatic carbocycles. The first-order valence-corrected chi connectivity index (χ1v) is 18.5. The summed E-state index contributed by atoms with van der Waals surface area (Å²) in [5.74, 6) is 0.689. The van der Waals surface area contributed by atoms with Crippen molar-refractivity contribution < 1.29 is 43.2 Å². The maximum atomic E-state index is 14.3. The molecule has 0 aromatic heterocycles. The second-order valence-corrected chi connectivity index (χ2v) is 18.8. The molecule has 8 bridgehead atoms. The van der Waals surface area contributed by atoms with E-state index in [1.165, 1.54) is 19.3 Å². The molecule has 0 aromatic rings. The van der Waals surface area contributed by atoms with Gasteiger partial charge < -0.3 is 24.1 Å². The average molecular weight is 657 g/mol. The molecule has 47 heavy (non-hydrogen) atoms. The first-order valence-electron chi connectivity index (χ1n) is 18.5. The summed E-state index contributed by atoms with van der Waals surface area (Å²) in [6, 6.07) is 0. The van der Waals surface area contributed by atoms with Gasteiger partial charge in [-0.1, -0.05) is 6.92 Å². The molecule has 1 saturated heterocycles. The van der Waals surface area contributed by atoms with Gasteiger partial charge in [0.1, 0.15) is 11.2 Å². The molecule has 9 rings (SSSR count). The highest BCUT2D eigenvalue weighted by molar-refractivity contribution is 5.85. The molecular formula is C38H56O9. The van der Waals surface area contributed by atoms with Crippen LogP contribution in [-0.4, -0.2) is 58.5 Å². The highest BCUT2D eigenvalue weighted by Crippen LogP contribution is 2.60. The minimum atomic E-state index is -1.31. The highest BCUT2D eigenvalue weighted by Gasteiger charge is 2.61. The minimum absolute atomic E-state index is 0.0624. The predicted octanol–water partition coefficient (Wildman–Crippen LogP) is 6.21. The Hall–Kier alpha value is -2.16. The van der Waals surface area contributed by atoms with E-state index in [-0.39, 0.29) is 31.8 Å².